The molecule has 0 spiro atoms. The van der Waals surface area contributed by atoms with Crippen molar-refractivity contribution < 1.29 is 9.18 Å². The molecule has 1 unspecified atom stereocenters. The highest BCUT2D eigenvalue weighted by Crippen LogP contribution is 2.38. The van der Waals surface area contributed by atoms with Crippen LogP contribution in [-0.2, 0) is 6.54 Å². The van der Waals surface area contributed by atoms with E-state index in [0.29, 0.717) is 17.8 Å². The van der Waals surface area contributed by atoms with Gasteiger partial charge in [-0.25, -0.2) is 13.9 Å². The second kappa shape index (κ2) is 9.09. The minimum absolute atomic E-state index is 0.271. The van der Waals surface area contributed by atoms with E-state index in [1.54, 1.807) is 11.0 Å². The van der Waals surface area contributed by atoms with Crippen molar-refractivity contribution in [2.45, 2.75) is 26.4 Å². The van der Waals surface area contributed by atoms with Crippen LogP contribution in [0, 0.1) is 19.7 Å². The quantitative estimate of drug-likeness (QED) is 0.311. The lowest BCUT2D eigenvalue weighted by Crippen LogP contribution is -2.38. The van der Waals surface area contributed by atoms with Crippen LogP contribution >= 0.6 is 0 Å². The SMILES string of the molecule is Cc1cccc(NC(=O)N2Cc3c(C)nn(-c4ccccc4)c3-n3cccc3C2c2cccc(F)c2)c1. The number of halogens is 1. The van der Waals surface area contributed by atoms with Crippen molar-refractivity contribution in [1.82, 2.24) is 19.2 Å². The number of nitrogens with one attached hydrogen (secondary N) is 1. The van der Waals surface area contributed by atoms with E-state index in [1.165, 1.54) is 12.1 Å². The first-order valence-corrected chi connectivity index (χ1v) is 12.2. The van der Waals surface area contributed by atoms with Gasteiger partial charge >= 0.3 is 6.03 Å². The molecule has 0 saturated heterocycles. The number of aryl methyl sites for hydroxylation is 2. The summed E-state index contributed by atoms with van der Waals surface area (Å²) in [5.74, 6) is 0.527. The Labute approximate surface area is 214 Å². The van der Waals surface area contributed by atoms with Crippen LogP contribution in [0.4, 0.5) is 14.9 Å². The Morgan fingerprint density at radius 3 is 2.54 bits per heavy atom. The molecule has 37 heavy (non-hydrogen) atoms. The van der Waals surface area contributed by atoms with Crippen molar-refractivity contribution in [2.24, 2.45) is 0 Å². The Bertz CT molecular complexity index is 1600. The topological polar surface area (TPSA) is 55.1 Å². The van der Waals surface area contributed by atoms with E-state index in [9.17, 15) is 9.18 Å². The fourth-order valence-electron chi connectivity index (χ4n) is 5.09. The zero-order chi connectivity index (χ0) is 25.5. The lowest BCUT2D eigenvalue weighted by molar-refractivity contribution is 0.194. The lowest BCUT2D eigenvalue weighted by Gasteiger charge is -2.31. The summed E-state index contributed by atoms with van der Waals surface area (Å²) in [7, 11) is 0. The monoisotopic (exact) mass is 491 g/mol. The van der Waals surface area contributed by atoms with Crippen LogP contribution in [0.25, 0.3) is 11.5 Å². The minimum Gasteiger partial charge on any atom is -0.308 e. The summed E-state index contributed by atoms with van der Waals surface area (Å²) in [6.45, 7) is 4.24. The lowest BCUT2D eigenvalue weighted by atomic mass is 10.0. The molecule has 0 saturated carbocycles. The molecule has 1 aliphatic rings. The number of nitrogens with zero attached hydrogens (tertiary/aromatic N) is 4. The second-order valence-corrected chi connectivity index (χ2v) is 9.32. The molecule has 1 aliphatic heterocycles. The summed E-state index contributed by atoms with van der Waals surface area (Å²) in [5.41, 5.74) is 5.98. The highest BCUT2D eigenvalue weighted by molar-refractivity contribution is 5.90. The number of aromatic nitrogens is 3. The van der Waals surface area contributed by atoms with E-state index in [-0.39, 0.29) is 11.8 Å². The van der Waals surface area contributed by atoms with Gasteiger partial charge in [-0.3, -0.25) is 0 Å². The zero-order valence-electron chi connectivity index (χ0n) is 20.6. The Kier molecular flexibility index (Phi) is 5.60. The number of urea groups is 1. The van der Waals surface area contributed by atoms with Crippen LogP contribution in [0.1, 0.15) is 34.1 Å². The van der Waals surface area contributed by atoms with Crippen LogP contribution in [0.3, 0.4) is 0 Å². The van der Waals surface area contributed by atoms with Gasteiger partial charge < -0.3 is 14.8 Å². The molecule has 2 aromatic heterocycles. The fourth-order valence-corrected chi connectivity index (χ4v) is 5.09. The second-order valence-electron chi connectivity index (χ2n) is 9.32. The smallest absolute Gasteiger partial charge is 0.308 e. The molecule has 0 aliphatic carbocycles. The Balaban J connectivity index is 1.54. The highest BCUT2D eigenvalue weighted by Gasteiger charge is 2.36. The van der Waals surface area contributed by atoms with Crippen LogP contribution in [0.2, 0.25) is 0 Å². The van der Waals surface area contributed by atoms with Gasteiger partial charge in [-0.15, -0.1) is 0 Å². The van der Waals surface area contributed by atoms with Crippen molar-refractivity contribution in [3.63, 3.8) is 0 Å². The van der Waals surface area contributed by atoms with E-state index in [4.69, 9.17) is 5.10 Å². The van der Waals surface area contributed by atoms with Crippen molar-refractivity contribution in [1.29, 1.82) is 0 Å². The average molecular weight is 492 g/mol. The molecule has 0 bridgehead atoms. The number of fused-ring (bicyclic) bond motifs is 3. The molecule has 6 rings (SSSR count). The van der Waals surface area contributed by atoms with Gasteiger partial charge in [0.15, 0.2) is 0 Å². The van der Waals surface area contributed by atoms with Gasteiger partial charge in [-0.1, -0.05) is 42.5 Å². The van der Waals surface area contributed by atoms with Crippen molar-refractivity contribution in [3.05, 3.63) is 131 Å². The van der Waals surface area contributed by atoms with Gasteiger partial charge in [0.2, 0.25) is 0 Å². The van der Waals surface area contributed by atoms with Gasteiger partial charge in [0, 0.05) is 17.4 Å². The summed E-state index contributed by atoms with van der Waals surface area (Å²) in [6, 6.07) is 27.2. The van der Waals surface area contributed by atoms with Crippen molar-refractivity contribution in [2.75, 3.05) is 5.32 Å². The summed E-state index contributed by atoms with van der Waals surface area (Å²) in [6.07, 6.45) is 1.98. The van der Waals surface area contributed by atoms with E-state index in [1.807, 2.05) is 97.5 Å². The molecule has 1 atom stereocenters. The number of rotatable bonds is 3. The third kappa shape index (κ3) is 4.08. The number of hydrogen-bond acceptors (Lipinski definition) is 2. The largest absolute Gasteiger partial charge is 0.322 e. The number of amides is 2. The van der Waals surface area contributed by atoms with E-state index < -0.39 is 6.04 Å². The predicted octanol–water partition coefficient (Wildman–Crippen LogP) is 6.56. The minimum atomic E-state index is -0.522. The molecule has 2 amide bonds. The van der Waals surface area contributed by atoms with Gasteiger partial charge in [0.1, 0.15) is 11.6 Å². The van der Waals surface area contributed by atoms with E-state index >= 15 is 0 Å². The average Bonchev–Trinajstić information content (AvgIpc) is 3.45. The predicted molar refractivity (Wildman–Crippen MR) is 142 cm³/mol. The molecule has 1 N–H and O–H groups in total. The highest BCUT2D eigenvalue weighted by atomic mass is 19.1. The maximum Gasteiger partial charge on any atom is 0.322 e. The van der Waals surface area contributed by atoms with E-state index in [0.717, 1.165) is 34.0 Å². The molecule has 3 heterocycles. The summed E-state index contributed by atoms with van der Waals surface area (Å²) in [4.78, 5) is 15.7. The van der Waals surface area contributed by atoms with E-state index in [2.05, 4.69) is 9.88 Å². The fraction of sp³-hybridized carbons (Fsp3) is 0.133. The molecular formula is C30H26FN5O. The van der Waals surface area contributed by atoms with Crippen molar-refractivity contribution >= 4 is 11.7 Å². The number of benzene rings is 3. The molecular weight excluding hydrogens is 465 g/mol. The van der Waals surface area contributed by atoms with Crippen LogP contribution in [0.15, 0.2) is 97.2 Å². The molecule has 3 aromatic carbocycles. The normalized spacial score (nSPS) is 14.6. The first-order valence-electron chi connectivity index (χ1n) is 12.2. The van der Waals surface area contributed by atoms with Crippen LogP contribution in [0.5, 0.6) is 0 Å². The van der Waals surface area contributed by atoms with Gasteiger partial charge in [0.25, 0.3) is 0 Å². The number of anilines is 1. The maximum atomic E-state index is 14.5. The Morgan fingerprint density at radius 1 is 0.946 bits per heavy atom. The summed E-state index contributed by atoms with van der Waals surface area (Å²) < 4.78 is 18.4. The third-order valence-corrected chi connectivity index (χ3v) is 6.78. The Morgan fingerprint density at radius 2 is 1.76 bits per heavy atom. The first-order chi connectivity index (χ1) is 18.0. The van der Waals surface area contributed by atoms with Crippen molar-refractivity contribution in [3.8, 4) is 11.5 Å². The molecule has 184 valence electrons. The number of carbonyl (C=O) groups is 1. The first kappa shape index (κ1) is 22.8. The zero-order valence-corrected chi connectivity index (χ0v) is 20.6. The molecule has 6 nitrogen and oxygen atoms in total. The number of para-hydroxylation sites is 1. The van der Waals surface area contributed by atoms with Crippen LogP contribution < -0.4 is 5.32 Å². The molecule has 5 aromatic rings. The summed E-state index contributed by atoms with van der Waals surface area (Å²) in [5, 5.41) is 7.92. The van der Waals surface area contributed by atoms with Gasteiger partial charge in [-0.05, 0) is 73.5 Å². The molecule has 0 radical (unpaired) electrons. The summed E-state index contributed by atoms with van der Waals surface area (Å²) >= 11 is 0. The maximum absolute atomic E-state index is 14.5. The number of carbonyl (C=O) groups excluding carboxylic acids is 1. The Hall–Kier alpha value is -4.65. The standard InChI is InChI=1S/C30H26FN5O/c1-20-9-6-12-24(17-20)32-30(37)35-19-26-21(2)33-36(25-13-4-3-5-14-25)29(26)34-16-8-15-27(34)28(35)22-10-7-11-23(31)18-22/h3-18,28H,19H2,1-2H3,(H,32,37). The molecule has 0 fully saturated rings. The van der Waals surface area contributed by atoms with Gasteiger partial charge in [0.05, 0.1) is 29.7 Å². The van der Waals surface area contributed by atoms with Crippen LogP contribution in [-0.4, -0.2) is 25.3 Å². The number of hydrogen-bond donors (Lipinski definition) is 1. The van der Waals surface area contributed by atoms with Gasteiger partial charge in [-0.2, -0.15) is 5.10 Å². The molecule has 7 heteroatoms. The third-order valence-electron chi connectivity index (χ3n) is 6.78.